The van der Waals surface area contributed by atoms with Crippen LogP contribution in [0.2, 0.25) is 0 Å². The molecule has 7 aromatic carbocycles. The van der Waals surface area contributed by atoms with E-state index in [1.165, 1.54) is 21.0 Å². The van der Waals surface area contributed by atoms with E-state index in [0.29, 0.717) is 23.2 Å². The van der Waals surface area contributed by atoms with Gasteiger partial charge in [-0.15, -0.1) is 11.3 Å². The largest absolute Gasteiger partial charge is 0.278 e. The highest BCUT2D eigenvalue weighted by Gasteiger charge is 2.18. The molecule has 3 aromatic heterocycles. The predicted molar refractivity (Wildman–Crippen MR) is 214 cm³/mol. The van der Waals surface area contributed by atoms with E-state index in [1.807, 2.05) is 42.5 Å². The molecule has 5 nitrogen and oxygen atoms in total. The number of benzene rings is 7. The van der Waals surface area contributed by atoms with Crippen LogP contribution < -0.4 is 0 Å². The second-order valence-corrected chi connectivity index (χ2v) is 13.8. The Morgan fingerprint density at radius 2 is 1.06 bits per heavy atom. The molecule has 0 amide bonds. The van der Waals surface area contributed by atoms with E-state index in [0.717, 1.165) is 54.3 Å². The fourth-order valence-electron chi connectivity index (χ4n) is 7.22. The van der Waals surface area contributed by atoms with E-state index in [9.17, 15) is 5.26 Å². The summed E-state index contributed by atoms with van der Waals surface area (Å²) in [5, 5.41) is 14.2. The Kier molecular flexibility index (Phi) is 6.98. The Bertz CT molecular complexity index is 2970. The molecule has 10 rings (SSSR count). The molecule has 0 saturated carbocycles. The zero-order valence-electron chi connectivity index (χ0n) is 27.7. The van der Waals surface area contributed by atoms with Crippen molar-refractivity contribution < 1.29 is 0 Å². The number of hydrogen-bond donors (Lipinski definition) is 0. The van der Waals surface area contributed by atoms with Crippen LogP contribution in [0.5, 0.6) is 0 Å². The lowest BCUT2D eigenvalue weighted by atomic mass is 9.97. The minimum absolute atomic E-state index is 0.581. The number of nitrogens with zero attached hydrogens (tertiary/aromatic N) is 5. The van der Waals surface area contributed by atoms with E-state index < -0.39 is 0 Å². The van der Waals surface area contributed by atoms with Crippen LogP contribution in [0.25, 0.3) is 93.0 Å². The first-order valence-corrected chi connectivity index (χ1v) is 17.9. The lowest BCUT2D eigenvalue weighted by Gasteiger charge is -2.11. The van der Waals surface area contributed by atoms with Gasteiger partial charge in [0.05, 0.1) is 22.7 Å². The Labute approximate surface area is 303 Å². The summed E-state index contributed by atoms with van der Waals surface area (Å²) < 4.78 is 4.49. The molecule has 6 heteroatoms. The molecule has 0 fully saturated rings. The molecule has 0 unspecified atom stereocenters. The highest BCUT2D eigenvalue weighted by atomic mass is 32.1. The molecule has 242 valence electrons. The second-order valence-electron chi connectivity index (χ2n) is 12.8. The van der Waals surface area contributed by atoms with Crippen molar-refractivity contribution in [3.8, 4) is 57.0 Å². The van der Waals surface area contributed by atoms with Gasteiger partial charge < -0.3 is 0 Å². The van der Waals surface area contributed by atoms with Crippen molar-refractivity contribution in [3.63, 3.8) is 0 Å². The predicted octanol–water partition coefficient (Wildman–Crippen LogP) is 11.9. The number of nitriles is 1. The number of para-hydroxylation sites is 2. The van der Waals surface area contributed by atoms with E-state index in [4.69, 9.17) is 15.0 Å². The molecule has 10 aromatic rings. The molecule has 0 aliphatic carbocycles. The van der Waals surface area contributed by atoms with Crippen molar-refractivity contribution in [2.75, 3.05) is 0 Å². The zero-order chi connectivity index (χ0) is 34.6. The molecule has 0 aliphatic rings. The van der Waals surface area contributed by atoms with Crippen molar-refractivity contribution in [2.24, 2.45) is 0 Å². The summed E-state index contributed by atoms with van der Waals surface area (Å²) in [5.74, 6) is 1.82. The Morgan fingerprint density at radius 1 is 0.462 bits per heavy atom. The molecule has 0 spiro atoms. The van der Waals surface area contributed by atoms with Crippen molar-refractivity contribution >= 4 is 53.3 Å². The average molecular weight is 682 g/mol. The monoisotopic (exact) mass is 681 g/mol. The standard InChI is InChI=1S/C46H27N5S/c47-28-29-20-25-38-39-17-9-16-35(43(39)52-42(38)26-29)34-13-8-12-33(27-34)30-21-23-32(24-22-30)45-48-44(31-10-2-1-3-11-31)49-46(50-45)51-40-18-6-4-14-36(40)37-15-5-7-19-41(37)51/h1-27H. The van der Waals surface area contributed by atoms with E-state index >= 15 is 0 Å². The van der Waals surface area contributed by atoms with Crippen LogP contribution in [0.15, 0.2) is 164 Å². The Morgan fingerprint density at radius 3 is 1.79 bits per heavy atom. The van der Waals surface area contributed by atoms with Crippen molar-refractivity contribution in [3.05, 3.63) is 169 Å². The van der Waals surface area contributed by atoms with Crippen LogP contribution in [0.1, 0.15) is 5.56 Å². The van der Waals surface area contributed by atoms with Gasteiger partial charge in [-0.1, -0.05) is 133 Å². The summed E-state index contributed by atoms with van der Waals surface area (Å²) in [7, 11) is 0. The van der Waals surface area contributed by atoms with Gasteiger partial charge in [-0.2, -0.15) is 15.2 Å². The van der Waals surface area contributed by atoms with Gasteiger partial charge in [0.1, 0.15) is 0 Å². The molecule has 0 aliphatic heterocycles. The van der Waals surface area contributed by atoms with Gasteiger partial charge in [-0.3, -0.25) is 4.57 Å². The highest BCUT2D eigenvalue weighted by molar-refractivity contribution is 7.26. The number of fused-ring (bicyclic) bond motifs is 6. The van der Waals surface area contributed by atoms with Crippen LogP contribution in [0.4, 0.5) is 0 Å². The summed E-state index contributed by atoms with van der Waals surface area (Å²) in [4.78, 5) is 15.2. The first-order chi connectivity index (χ1) is 25.7. The van der Waals surface area contributed by atoms with E-state index in [1.54, 1.807) is 11.3 Å². The van der Waals surface area contributed by atoms with Crippen LogP contribution in [-0.2, 0) is 0 Å². The third kappa shape index (κ3) is 4.95. The van der Waals surface area contributed by atoms with Crippen LogP contribution >= 0.6 is 11.3 Å². The maximum atomic E-state index is 9.45. The third-order valence-corrected chi connectivity index (χ3v) is 10.9. The SMILES string of the molecule is N#Cc1ccc2c(c1)sc1c(-c3cccc(-c4ccc(-c5nc(-c6ccccc6)nc(-n6c7ccccc7c7ccccc76)n5)cc4)c3)cccc12. The van der Waals surface area contributed by atoms with Gasteiger partial charge in [0.2, 0.25) is 5.95 Å². The summed E-state index contributed by atoms with van der Waals surface area (Å²) in [6, 6.07) is 58.8. The summed E-state index contributed by atoms with van der Waals surface area (Å²) in [6.45, 7) is 0. The smallest absolute Gasteiger partial charge is 0.238 e. The summed E-state index contributed by atoms with van der Waals surface area (Å²) >= 11 is 1.74. The first-order valence-electron chi connectivity index (χ1n) is 17.1. The summed E-state index contributed by atoms with van der Waals surface area (Å²) in [5.41, 5.74) is 9.19. The van der Waals surface area contributed by atoms with Gasteiger partial charge in [-0.25, -0.2) is 4.98 Å². The van der Waals surface area contributed by atoms with Crippen LogP contribution in [-0.4, -0.2) is 19.5 Å². The first kappa shape index (κ1) is 29.9. The van der Waals surface area contributed by atoms with Crippen LogP contribution in [0, 0.1) is 11.3 Å². The van der Waals surface area contributed by atoms with Gasteiger partial charge in [0.25, 0.3) is 0 Å². The number of aromatic nitrogens is 4. The minimum Gasteiger partial charge on any atom is -0.278 e. The normalized spacial score (nSPS) is 11.4. The molecular formula is C46H27N5S. The van der Waals surface area contributed by atoms with Gasteiger partial charge in [-0.05, 0) is 52.6 Å². The molecule has 0 bridgehead atoms. The topological polar surface area (TPSA) is 67.4 Å². The van der Waals surface area contributed by atoms with Crippen LogP contribution in [0.3, 0.4) is 0 Å². The molecule has 0 radical (unpaired) electrons. The fraction of sp³-hybridized carbons (Fsp3) is 0. The molecule has 0 N–H and O–H groups in total. The lowest BCUT2D eigenvalue weighted by Crippen LogP contribution is -2.06. The fourth-order valence-corrected chi connectivity index (χ4v) is 8.50. The highest BCUT2D eigenvalue weighted by Crippen LogP contribution is 2.41. The summed E-state index contributed by atoms with van der Waals surface area (Å²) in [6.07, 6.45) is 0. The maximum Gasteiger partial charge on any atom is 0.238 e. The quantitative estimate of drug-likeness (QED) is 0.181. The zero-order valence-corrected chi connectivity index (χ0v) is 28.5. The Hall–Kier alpha value is -6.94. The second kappa shape index (κ2) is 12.1. The van der Waals surface area contributed by atoms with Crippen molar-refractivity contribution in [1.82, 2.24) is 19.5 Å². The van der Waals surface area contributed by atoms with Gasteiger partial charge in [0, 0.05) is 42.1 Å². The molecule has 0 atom stereocenters. The molecule has 3 heterocycles. The molecule has 0 saturated heterocycles. The molecule has 52 heavy (non-hydrogen) atoms. The Balaban J connectivity index is 1.06. The average Bonchev–Trinajstić information content (AvgIpc) is 3.76. The van der Waals surface area contributed by atoms with E-state index in [2.05, 4.69) is 132 Å². The van der Waals surface area contributed by atoms with Crippen molar-refractivity contribution in [1.29, 1.82) is 5.26 Å². The van der Waals surface area contributed by atoms with Gasteiger partial charge in [0.15, 0.2) is 11.6 Å². The minimum atomic E-state index is 0.581. The molecular weight excluding hydrogens is 655 g/mol. The number of rotatable bonds is 5. The maximum absolute atomic E-state index is 9.45. The number of thiophene rings is 1. The van der Waals surface area contributed by atoms with E-state index in [-0.39, 0.29) is 0 Å². The van der Waals surface area contributed by atoms with Gasteiger partial charge >= 0.3 is 0 Å². The lowest BCUT2D eigenvalue weighted by molar-refractivity contribution is 0.953. The van der Waals surface area contributed by atoms with Crippen molar-refractivity contribution in [2.45, 2.75) is 0 Å². The third-order valence-electron chi connectivity index (χ3n) is 9.71. The number of hydrogen-bond acceptors (Lipinski definition) is 5.